The van der Waals surface area contributed by atoms with Crippen LogP contribution in [0.3, 0.4) is 0 Å². The normalized spacial score (nSPS) is 24.2. The molecule has 2 unspecified atom stereocenters. The van der Waals surface area contributed by atoms with Crippen molar-refractivity contribution in [1.29, 1.82) is 0 Å². The van der Waals surface area contributed by atoms with E-state index in [1.165, 1.54) is 0 Å². The Morgan fingerprint density at radius 2 is 2.10 bits per heavy atom. The fourth-order valence-electron chi connectivity index (χ4n) is 2.36. The Morgan fingerprint density at radius 1 is 1.29 bits per heavy atom. The van der Waals surface area contributed by atoms with Crippen molar-refractivity contribution in [3.8, 4) is 5.75 Å². The molecule has 1 aromatic carbocycles. The molecule has 0 spiro atoms. The van der Waals surface area contributed by atoms with Gasteiger partial charge in [0.15, 0.2) is 6.10 Å². The maximum Gasteiger partial charge on any atom is 0.263 e. The third-order valence-electron chi connectivity index (χ3n) is 3.48. The number of piperidine rings is 1. The van der Waals surface area contributed by atoms with Crippen molar-refractivity contribution in [1.82, 2.24) is 10.6 Å². The highest BCUT2D eigenvalue weighted by molar-refractivity contribution is 6.02. The largest absolute Gasteiger partial charge is 0.477 e. The van der Waals surface area contributed by atoms with Crippen molar-refractivity contribution in [2.45, 2.75) is 25.0 Å². The molecular formula is C14H15N3O4. The standard InChI is InChI=1S/C14H15N3O4/c18-12-6-5-9(13(19)17-12)16-14(20)11-7-15-8-3-1-2-4-10(8)21-11/h1-4,9,11,15H,5-7H2,(H,16,20)(H,17,18,19). The minimum Gasteiger partial charge on any atom is -0.477 e. The highest BCUT2D eigenvalue weighted by Gasteiger charge is 2.32. The Morgan fingerprint density at radius 3 is 2.90 bits per heavy atom. The van der Waals surface area contributed by atoms with E-state index in [2.05, 4.69) is 16.0 Å². The summed E-state index contributed by atoms with van der Waals surface area (Å²) in [5.74, 6) is -0.544. The van der Waals surface area contributed by atoms with Gasteiger partial charge >= 0.3 is 0 Å². The lowest BCUT2D eigenvalue weighted by Crippen LogP contribution is -2.56. The molecule has 0 saturated carbocycles. The summed E-state index contributed by atoms with van der Waals surface area (Å²) in [4.78, 5) is 34.8. The molecule has 2 aliphatic heterocycles. The topological polar surface area (TPSA) is 96.5 Å². The fourth-order valence-corrected chi connectivity index (χ4v) is 2.36. The SMILES string of the molecule is O=C1CCC(NC(=O)C2CNc3ccccc3O2)C(=O)N1. The van der Waals surface area contributed by atoms with Gasteiger partial charge < -0.3 is 15.4 Å². The lowest BCUT2D eigenvalue weighted by molar-refractivity contribution is -0.138. The fraction of sp³-hybridized carbons (Fsp3) is 0.357. The molecule has 110 valence electrons. The zero-order valence-corrected chi connectivity index (χ0v) is 11.2. The van der Waals surface area contributed by atoms with Crippen LogP contribution < -0.4 is 20.7 Å². The van der Waals surface area contributed by atoms with Crippen LogP contribution in [-0.4, -0.2) is 36.4 Å². The number of ether oxygens (including phenoxy) is 1. The predicted octanol–water partition coefficient (Wildman–Crippen LogP) is -0.219. The molecule has 1 saturated heterocycles. The second-order valence-corrected chi connectivity index (χ2v) is 5.00. The summed E-state index contributed by atoms with van der Waals surface area (Å²) >= 11 is 0. The van der Waals surface area contributed by atoms with Gasteiger partial charge in [-0.15, -0.1) is 0 Å². The van der Waals surface area contributed by atoms with Crippen molar-refractivity contribution in [2.24, 2.45) is 0 Å². The van der Waals surface area contributed by atoms with E-state index < -0.39 is 18.1 Å². The number of hydrogen-bond donors (Lipinski definition) is 3. The third kappa shape index (κ3) is 2.81. The zero-order chi connectivity index (χ0) is 14.8. The van der Waals surface area contributed by atoms with Crippen molar-refractivity contribution < 1.29 is 19.1 Å². The van der Waals surface area contributed by atoms with Gasteiger partial charge in [-0.2, -0.15) is 0 Å². The molecule has 0 radical (unpaired) electrons. The summed E-state index contributed by atoms with van der Waals surface area (Å²) in [6.45, 7) is 0.329. The number of para-hydroxylation sites is 2. The number of fused-ring (bicyclic) bond motifs is 1. The first kappa shape index (κ1) is 13.4. The van der Waals surface area contributed by atoms with Gasteiger partial charge in [-0.1, -0.05) is 12.1 Å². The summed E-state index contributed by atoms with van der Waals surface area (Å²) in [6, 6.07) is 6.65. The molecule has 1 fully saturated rings. The first-order valence-electron chi connectivity index (χ1n) is 6.77. The van der Waals surface area contributed by atoms with Gasteiger partial charge in [-0.3, -0.25) is 19.7 Å². The Balaban J connectivity index is 1.62. The number of anilines is 1. The van der Waals surface area contributed by atoms with Gasteiger partial charge in [-0.25, -0.2) is 0 Å². The van der Waals surface area contributed by atoms with Gasteiger partial charge in [0.1, 0.15) is 11.8 Å². The quantitative estimate of drug-likeness (QED) is 0.654. The second-order valence-electron chi connectivity index (χ2n) is 5.00. The molecule has 3 amide bonds. The van der Waals surface area contributed by atoms with Crippen LogP contribution in [-0.2, 0) is 14.4 Å². The lowest BCUT2D eigenvalue weighted by atomic mass is 10.1. The molecule has 7 nitrogen and oxygen atoms in total. The first-order valence-corrected chi connectivity index (χ1v) is 6.77. The van der Waals surface area contributed by atoms with E-state index in [-0.39, 0.29) is 18.2 Å². The molecule has 1 aromatic rings. The third-order valence-corrected chi connectivity index (χ3v) is 3.48. The Kier molecular flexibility index (Phi) is 3.47. The average molecular weight is 289 g/mol. The molecule has 2 heterocycles. The molecule has 21 heavy (non-hydrogen) atoms. The highest BCUT2D eigenvalue weighted by Crippen LogP contribution is 2.28. The van der Waals surface area contributed by atoms with Crippen LogP contribution in [0.5, 0.6) is 5.75 Å². The van der Waals surface area contributed by atoms with Gasteiger partial charge in [-0.05, 0) is 18.6 Å². The van der Waals surface area contributed by atoms with E-state index >= 15 is 0 Å². The summed E-state index contributed by atoms with van der Waals surface area (Å²) in [5, 5.41) is 7.93. The highest BCUT2D eigenvalue weighted by atomic mass is 16.5. The molecule has 0 aromatic heterocycles. The molecule has 2 aliphatic rings. The predicted molar refractivity (Wildman–Crippen MR) is 73.7 cm³/mol. The van der Waals surface area contributed by atoms with E-state index in [0.717, 1.165) is 5.69 Å². The van der Waals surface area contributed by atoms with Gasteiger partial charge in [0.25, 0.3) is 5.91 Å². The minimum absolute atomic E-state index is 0.225. The number of amides is 3. The van der Waals surface area contributed by atoms with Crippen LogP contribution in [0.2, 0.25) is 0 Å². The van der Waals surface area contributed by atoms with Crippen LogP contribution in [0, 0.1) is 0 Å². The molecule has 0 aliphatic carbocycles. The minimum atomic E-state index is -0.703. The summed E-state index contributed by atoms with van der Waals surface area (Å²) in [7, 11) is 0. The molecule has 3 rings (SSSR count). The molecule has 3 N–H and O–H groups in total. The number of hydrogen-bond acceptors (Lipinski definition) is 5. The lowest BCUT2D eigenvalue weighted by Gasteiger charge is -2.28. The van der Waals surface area contributed by atoms with E-state index in [9.17, 15) is 14.4 Å². The van der Waals surface area contributed by atoms with E-state index in [1.807, 2.05) is 18.2 Å². The number of rotatable bonds is 2. The first-order chi connectivity index (χ1) is 10.1. The Labute approximate surface area is 121 Å². The number of nitrogens with one attached hydrogen (secondary N) is 3. The number of carbonyl (C=O) groups is 3. The van der Waals surface area contributed by atoms with Crippen molar-refractivity contribution in [2.75, 3.05) is 11.9 Å². The second kappa shape index (κ2) is 5.43. The number of imide groups is 1. The van der Waals surface area contributed by atoms with E-state index in [4.69, 9.17) is 4.74 Å². The summed E-state index contributed by atoms with van der Waals surface area (Å²) < 4.78 is 5.62. The van der Waals surface area contributed by atoms with Gasteiger partial charge in [0.2, 0.25) is 11.8 Å². The molecule has 0 bridgehead atoms. The number of benzene rings is 1. The Hall–Kier alpha value is -2.57. The monoisotopic (exact) mass is 289 g/mol. The average Bonchev–Trinajstić information content (AvgIpc) is 2.49. The Bertz CT molecular complexity index is 602. The number of carbonyl (C=O) groups excluding carboxylic acids is 3. The van der Waals surface area contributed by atoms with Crippen LogP contribution in [0.1, 0.15) is 12.8 Å². The van der Waals surface area contributed by atoms with Crippen LogP contribution in [0.15, 0.2) is 24.3 Å². The maximum atomic E-state index is 12.2. The zero-order valence-electron chi connectivity index (χ0n) is 11.2. The van der Waals surface area contributed by atoms with Crippen LogP contribution in [0.25, 0.3) is 0 Å². The van der Waals surface area contributed by atoms with Crippen molar-refractivity contribution in [3.05, 3.63) is 24.3 Å². The van der Waals surface area contributed by atoms with Crippen LogP contribution in [0.4, 0.5) is 5.69 Å². The van der Waals surface area contributed by atoms with Crippen molar-refractivity contribution >= 4 is 23.4 Å². The van der Waals surface area contributed by atoms with Crippen LogP contribution >= 0.6 is 0 Å². The van der Waals surface area contributed by atoms with Gasteiger partial charge in [0, 0.05) is 6.42 Å². The summed E-state index contributed by atoms with van der Waals surface area (Å²) in [5.41, 5.74) is 0.836. The smallest absolute Gasteiger partial charge is 0.263 e. The molecule has 2 atom stereocenters. The maximum absolute atomic E-state index is 12.2. The summed E-state index contributed by atoms with van der Waals surface area (Å²) in [6.07, 6.45) is -0.165. The van der Waals surface area contributed by atoms with E-state index in [0.29, 0.717) is 18.7 Å². The van der Waals surface area contributed by atoms with Gasteiger partial charge in [0.05, 0.1) is 12.2 Å². The van der Waals surface area contributed by atoms with E-state index in [1.54, 1.807) is 6.07 Å². The molecule has 7 heteroatoms. The van der Waals surface area contributed by atoms with Crippen molar-refractivity contribution in [3.63, 3.8) is 0 Å². The molecular weight excluding hydrogens is 274 g/mol.